The van der Waals surface area contributed by atoms with E-state index in [1.54, 1.807) is 51.3 Å². The van der Waals surface area contributed by atoms with Crippen LogP contribution in [0.4, 0.5) is 0 Å². The zero-order valence-corrected chi connectivity index (χ0v) is 19.9. The van der Waals surface area contributed by atoms with Crippen LogP contribution in [0.15, 0.2) is 53.7 Å². The maximum Gasteiger partial charge on any atom is 0.257 e. The highest BCUT2D eigenvalue weighted by Gasteiger charge is 2.30. The van der Waals surface area contributed by atoms with Crippen LogP contribution in [0.1, 0.15) is 34.7 Å². The molecule has 0 saturated carbocycles. The number of amides is 1. The summed E-state index contributed by atoms with van der Waals surface area (Å²) in [7, 11) is -1.99. The molecule has 2 aromatic heterocycles. The minimum absolute atomic E-state index is 0.0316. The van der Waals surface area contributed by atoms with E-state index in [9.17, 15) is 13.2 Å². The van der Waals surface area contributed by atoms with Gasteiger partial charge in [-0.05, 0) is 60.7 Å². The Kier molecular flexibility index (Phi) is 6.28. The number of pyridine rings is 1. The molecule has 0 spiro atoms. The molecule has 0 bridgehead atoms. The normalized spacial score (nSPS) is 18.3. The lowest BCUT2D eigenvalue weighted by Crippen LogP contribution is -2.40. The predicted molar refractivity (Wildman–Crippen MR) is 126 cm³/mol. The molecule has 9 nitrogen and oxygen atoms in total. The van der Waals surface area contributed by atoms with E-state index >= 15 is 0 Å². The van der Waals surface area contributed by atoms with Gasteiger partial charge in [-0.3, -0.25) is 4.79 Å². The fraction of sp³-hybridized carbons (Fsp3) is 0.417. The molecule has 2 fully saturated rings. The van der Waals surface area contributed by atoms with Gasteiger partial charge in [0.2, 0.25) is 10.0 Å². The summed E-state index contributed by atoms with van der Waals surface area (Å²) in [5.41, 5.74) is 2.47. The number of morpholine rings is 1. The Hall–Kier alpha value is -2.95. The van der Waals surface area contributed by atoms with E-state index in [1.807, 2.05) is 18.3 Å². The van der Waals surface area contributed by atoms with Crippen LogP contribution in [0.5, 0.6) is 5.75 Å². The highest BCUT2D eigenvalue weighted by atomic mass is 32.2. The van der Waals surface area contributed by atoms with Crippen molar-refractivity contribution in [2.45, 2.75) is 23.7 Å². The van der Waals surface area contributed by atoms with E-state index in [4.69, 9.17) is 9.47 Å². The van der Waals surface area contributed by atoms with Crippen LogP contribution in [0.2, 0.25) is 0 Å². The smallest absolute Gasteiger partial charge is 0.257 e. The van der Waals surface area contributed by atoms with Crippen LogP contribution in [-0.2, 0) is 14.8 Å². The number of ether oxygens (including phenoxy) is 2. The number of methoxy groups -OCH3 is 1. The third-order valence-electron chi connectivity index (χ3n) is 6.70. The van der Waals surface area contributed by atoms with E-state index in [2.05, 4.69) is 5.10 Å². The van der Waals surface area contributed by atoms with Crippen molar-refractivity contribution >= 4 is 21.4 Å². The number of hydrogen-bond acceptors (Lipinski definition) is 6. The Morgan fingerprint density at radius 3 is 2.44 bits per heavy atom. The number of benzene rings is 1. The first-order chi connectivity index (χ1) is 16.5. The molecule has 0 unspecified atom stereocenters. The van der Waals surface area contributed by atoms with Crippen LogP contribution in [0.3, 0.4) is 0 Å². The molecular weight excluding hydrogens is 456 g/mol. The lowest BCUT2D eigenvalue weighted by molar-refractivity contribution is 0.0304. The number of carbonyl (C=O) groups excluding carboxylic acids is 1. The zero-order valence-electron chi connectivity index (χ0n) is 19.1. The van der Waals surface area contributed by atoms with Crippen LogP contribution in [0.25, 0.3) is 5.52 Å². The number of hydrogen-bond donors (Lipinski definition) is 0. The Morgan fingerprint density at radius 2 is 1.76 bits per heavy atom. The summed E-state index contributed by atoms with van der Waals surface area (Å²) in [6, 6.07) is 10.5. The van der Waals surface area contributed by atoms with Crippen LogP contribution in [-0.4, -0.2) is 79.6 Å². The molecule has 2 saturated heterocycles. The second-order valence-electron chi connectivity index (χ2n) is 8.61. The van der Waals surface area contributed by atoms with Gasteiger partial charge in [0.1, 0.15) is 5.75 Å². The molecule has 0 radical (unpaired) electrons. The molecule has 3 aromatic rings. The monoisotopic (exact) mass is 484 g/mol. The zero-order chi connectivity index (χ0) is 23.7. The van der Waals surface area contributed by atoms with Crippen molar-refractivity contribution in [3.05, 3.63) is 59.9 Å². The van der Waals surface area contributed by atoms with E-state index in [0.717, 1.165) is 11.1 Å². The maximum atomic E-state index is 13.1. The summed E-state index contributed by atoms with van der Waals surface area (Å²) >= 11 is 0. The minimum atomic E-state index is -3.55. The van der Waals surface area contributed by atoms with Crippen LogP contribution >= 0.6 is 0 Å². The average molecular weight is 485 g/mol. The Balaban J connectivity index is 1.31. The van der Waals surface area contributed by atoms with Gasteiger partial charge in [0.15, 0.2) is 0 Å². The fourth-order valence-electron chi connectivity index (χ4n) is 4.68. The number of piperidine rings is 1. The van der Waals surface area contributed by atoms with Gasteiger partial charge in [-0.25, -0.2) is 12.9 Å². The molecule has 5 rings (SSSR count). The van der Waals surface area contributed by atoms with E-state index < -0.39 is 10.0 Å². The molecular formula is C24H28N4O5S. The average Bonchev–Trinajstić information content (AvgIpc) is 3.32. The second kappa shape index (κ2) is 9.36. The standard InChI is InChI=1S/C24H28N4O5S/c1-32-20-2-4-21(5-3-20)34(30,31)27-9-6-18(7-10-27)19-8-11-28-23(16-19)22(17-25-28)24(29)26-12-14-33-15-13-26/h2-5,8,11,16-18H,6-7,9-10,12-15H2,1H3. The van der Waals surface area contributed by atoms with Crippen LogP contribution < -0.4 is 4.74 Å². The summed E-state index contributed by atoms with van der Waals surface area (Å²) in [6.07, 6.45) is 4.93. The van der Waals surface area contributed by atoms with Crippen molar-refractivity contribution in [2.75, 3.05) is 46.5 Å². The summed E-state index contributed by atoms with van der Waals surface area (Å²) in [5, 5.41) is 4.35. The van der Waals surface area contributed by atoms with Crippen molar-refractivity contribution < 1.29 is 22.7 Å². The van der Waals surface area contributed by atoms with Gasteiger partial charge >= 0.3 is 0 Å². The third-order valence-corrected chi connectivity index (χ3v) is 8.61. The second-order valence-corrected chi connectivity index (χ2v) is 10.5. The van der Waals surface area contributed by atoms with Crippen LogP contribution in [0, 0.1) is 0 Å². The first kappa shape index (κ1) is 22.8. The van der Waals surface area contributed by atoms with Crippen molar-refractivity contribution in [3.8, 4) is 5.75 Å². The minimum Gasteiger partial charge on any atom is -0.497 e. The van der Waals surface area contributed by atoms with E-state index in [1.165, 1.54) is 0 Å². The van der Waals surface area contributed by atoms with Gasteiger partial charge in [0.05, 0.1) is 42.5 Å². The Morgan fingerprint density at radius 1 is 1.06 bits per heavy atom. The molecule has 180 valence electrons. The number of aromatic nitrogens is 2. The lowest BCUT2D eigenvalue weighted by atomic mass is 9.90. The molecule has 0 N–H and O–H groups in total. The number of rotatable bonds is 5. The first-order valence-corrected chi connectivity index (χ1v) is 12.9. The predicted octanol–water partition coefficient (Wildman–Crippen LogP) is 2.38. The SMILES string of the molecule is COc1ccc(S(=O)(=O)N2CCC(c3ccn4ncc(C(=O)N5CCOCC5)c4c3)CC2)cc1. The summed E-state index contributed by atoms with van der Waals surface area (Å²) in [5.74, 6) is 0.809. The third kappa shape index (κ3) is 4.28. The molecule has 2 aliphatic heterocycles. The molecule has 0 atom stereocenters. The number of carbonyl (C=O) groups is 1. The largest absolute Gasteiger partial charge is 0.497 e. The highest BCUT2D eigenvalue weighted by molar-refractivity contribution is 7.89. The summed E-state index contributed by atoms with van der Waals surface area (Å²) in [6.45, 7) is 3.16. The fourth-order valence-corrected chi connectivity index (χ4v) is 6.15. The molecule has 0 aliphatic carbocycles. The number of sulfonamides is 1. The van der Waals surface area contributed by atoms with Gasteiger partial charge in [-0.1, -0.05) is 0 Å². The van der Waals surface area contributed by atoms with Gasteiger partial charge in [-0.15, -0.1) is 0 Å². The molecule has 34 heavy (non-hydrogen) atoms. The molecule has 10 heteroatoms. The summed E-state index contributed by atoms with van der Waals surface area (Å²) in [4.78, 5) is 15.1. The van der Waals surface area contributed by atoms with E-state index in [0.29, 0.717) is 63.5 Å². The van der Waals surface area contributed by atoms with E-state index in [-0.39, 0.29) is 16.7 Å². The number of nitrogens with zero attached hydrogens (tertiary/aromatic N) is 4. The van der Waals surface area contributed by atoms with Gasteiger partial charge in [0.25, 0.3) is 5.91 Å². The molecule has 4 heterocycles. The Labute approximate surface area is 198 Å². The quantitative estimate of drug-likeness (QED) is 0.552. The molecule has 1 aromatic carbocycles. The van der Waals surface area contributed by atoms with Crippen molar-refractivity contribution in [3.63, 3.8) is 0 Å². The van der Waals surface area contributed by atoms with Gasteiger partial charge < -0.3 is 14.4 Å². The number of fused-ring (bicyclic) bond motifs is 1. The summed E-state index contributed by atoms with van der Waals surface area (Å²) < 4.78 is 39.9. The highest BCUT2D eigenvalue weighted by Crippen LogP contribution is 2.32. The van der Waals surface area contributed by atoms with Crippen molar-refractivity contribution in [2.24, 2.45) is 0 Å². The van der Waals surface area contributed by atoms with Crippen molar-refractivity contribution in [1.29, 1.82) is 0 Å². The first-order valence-electron chi connectivity index (χ1n) is 11.5. The molecule has 2 aliphatic rings. The molecule has 1 amide bonds. The Bertz CT molecular complexity index is 1270. The van der Waals surface area contributed by atoms with Crippen molar-refractivity contribution in [1.82, 2.24) is 18.8 Å². The van der Waals surface area contributed by atoms with Gasteiger partial charge in [-0.2, -0.15) is 9.40 Å². The maximum absolute atomic E-state index is 13.1. The lowest BCUT2D eigenvalue weighted by Gasteiger charge is -2.31. The van der Waals surface area contributed by atoms with Gasteiger partial charge in [0, 0.05) is 32.4 Å². The topological polar surface area (TPSA) is 93.5 Å².